The Labute approximate surface area is 137 Å². The molecule has 0 fully saturated rings. The van der Waals surface area contributed by atoms with E-state index in [9.17, 15) is 4.39 Å². The minimum Gasteiger partial charge on any atom is -0.342 e. The van der Waals surface area contributed by atoms with Gasteiger partial charge in [-0.1, -0.05) is 36.4 Å². The van der Waals surface area contributed by atoms with Crippen molar-refractivity contribution in [2.75, 3.05) is 0 Å². The maximum atomic E-state index is 14.0. The van der Waals surface area contributed by atoms with Gasteiger partial charge < -0.3 is 4.57 Å². The second-order valence-electron chi connectivity index (χ2n) is 5.41. The standard InChI is InChI=1S/C18H14FN5/c19-17-7-3-1-5-14(17)10-23-11-15(9-22-24-12-20-21-13-24)16-6-2-4-8-18(16)23/h1-9,11-13H,10H2/b22-9-. The Morgan fingerprint density at radius 1 is 1.00 bits per heavy atom. The molecule has 0 N–H and O–H groups in total. The van der Waals surface area contributed by atoms with Crippen LogP contribution in [0.1, 0.15) is 11.1 Å². The van der Waals surface area contributed by atoms with E-state index in [1.54, 1.807) is 18.3 Å². The molecule has 6 heteroatoms. The molecule has 24 heavy (non-hydrogen) atoms. The van der Waals surface area contributed by atoms with Gasteiger partial charge in [-0.3, -0.25) is 0 Å². The fourth-order valence-corrected chi connectivity index (χ4v) is 2.70. The average molecular weight is 319 g/mol. The third-order valence-electron chi connectivity index (χ3n) is 3.85. The number of benzene rings is 2. The van der Waals surface area contributed by atoms with Crippen LogP contribution in [0.15, 0.2) is 72.5 Å². The van der Waals surface area contributed by atoms with E-state index >= 15 is 0 Å². The highest BCUT2D eigenvalue weighted by atomic mass is 19.1. The normalized spacial score (nSPS) is 11.5. The maximum absolute atomic E-state index is 14.0. The summed E-state index contributed by atoms with van der Waals surface area (Å²) in [6.45, 7) is 0.466. The Balaban J connectivity index is 1.75. The van der Waals surface area contributed by atoms with Gasteiger partial charge >= 0.3 is 0 Å². The van der Waals surface area contributed by atoms with Crippen molar-refractivity contribution in [1.82, 2.24) is 19.4 Å². The van der Waals surface area contributed by atoms with Gasteiger partial charge in [0.15, 0.2) is 0 Å². The van der Waals surface area contributed by atoms with Crippen molar-refractivity contribution in [3.8, 4) is 0 Å². The third-order valence-corrected chi connectivity index (χ3v) is 3.85. The highest BCUT2D eigenvalue weighted by molar-refractivity contribution is 5.99. The number of fused-ring (bicyclic) bond motifs is 1. The van der Waals surface area contributed by atoms with Crippen LogP contribution in [0.4, 0.5) is 4.39 Å². The molecule has 0 aliphatic rings. The van der Waals surface area contributed by atoms with E-state index in [4.69, 9.17) is 0 Å². The van der Waals surface area contributed by atoms with Crippen molar-refractivity contribution >= 4 is 17.1 Å². The second kappa shape index (κ2) is 6.08. The van der Waals surface area contributed by atoms with Crippen LogP contribution in [0.25, 0.3) is 10.9 Å². The lowest BCUT2D eigenvalue weighted by Crippen LogP contribution is -2.00. The highest BCUT2D eigenvalue weighted by Gasteiger charge is 2.09. The number of para-hydroxylation sites is 1. The number of nitrogens with zero attached hydrogens (tertiary/aromatic N) is 5. The van der Waals surface area contributed by atoms with Crippen LogP contribution in [-0.2, 0) is 6.54 Å². The first-order valence-corrected chi connectivity index (χ1v) is 7.51. The van der Waals surface area contributed by atoms with E-state index in [0.717, 1.165) is 16.5 Å². The Morgan fingerprint density at radius 3 is 2.58 bits per heavy atom. The quantitative estimate of drug-likeness (QED) is 0.542. The molecule has 0 bridgehead atoms. The summed E-state index contributed by atoms with van der Waals surface area (Å²) < 4.78 is 17.5. The first-order chi connectivity index (χ1) is 11.8. The Hall–Kier alpha value is -3.28. The van der Waals surface area contributed by atoms with Crippen LogP contribution >= 0.6 is 0 Å². The molecular weight excluding hydrogens is 305 g/mol. The van der Waals surface area contributed by atoms with E-state index in [-0.39, 0.29) is 5.82 Å². The number of aromatic nitrogens is 4. The van der Waals surface area contributed by atoms with Gasteiger partial charge in [-0.2, -0.15) is 5.10 Å². The number of hydrogen-bond donors (Lipinski definition) is 0. The third kappa shape index (κ3) is 2.69. The smallest absolute Gasteiger partial charge is 0.141 e. The van der Waals surface area contributed by atoms with E-state index in [0.29, 0.717) is 12.1 Å². The molecule has 0 saturated carbocycles. The lowest BCUT2D eigenvalue weighted by atomic mass is 10.2. The van der Waals surface area contributed by atoms with Crippen molar-refractivity contribution in [1.29, 1.82) is 0 Å². The molecule has 2 aromatic carbocycles. The van der Waals surface area contributed by atoms with Crippen LogP contribution in [0.2, 0.25) is 0 Å². The van der Waals surface area contributed by atoms with Crippen LogP contribution in [-0.4, -0.2) is 25.7 Å². The zero-order valence-electron chi connectivity index (χ0n) is 12.7. The molecule has 0 spiro atoms. The summed E-state index contributed by atoms with van der Waals surface area (Å²) in [5, 5.41) is 12.8. The van der Waals surface area contributed by atoms with Crippen molar-refractivity contribution in [3.63, 3.8) is 0 Å². The zero-order valence-corrected chi connectivity index (χ0v) is 12.7. The Morgan fingerprint density at radius 2 is 1.75 bits per heavy atom. The summed E-state index contributed by atoms with van der Waals surface area (Å²) in [5.74, 6) is -0.199. The van der Waals surface area contributed by atoms with Crippen molar-refractivity contribution in [2.24, 2.45) is 5.10 Å². The topological polar surface area (TPSA) is 48.0 Å². The predicted octanol–water partition coefficient (Wildman–Crippen LogP) is 3.30. The SMILES string of the molecule is Fc1ccccc1Cn1cc(/C=N\n2cnnc2)c2ccccc21. The van der Waals surface area contributed by atoms with Gasteiger partial charge in [-0.05, 0) is 12.1 Å². The Bertz CT molecular complexity index is 1000. The molecule has 0 amide bonds. The second-order valence-corrected chi connectivity index (χ2v) is 5.41. The summed E-state index contributed by atoms with van der Waals surface area (Å²) in [6.07, 6.45) is 6.78. The fraction of sp³-hybridized carbons (Fsp3) is 0.0556. The molecule has 4 rings (SSSR count). The molecule has 0 aliphatic heterocycles. The van der Waals surface area contributed by atoms with Gasteiger partial charge in [0.1, 0.15) is 18.5 Å². The first-order valence-electron chi connectivity index (χ1n) is 7.51. The molecule has 0 unspecified atom stereocenters. The van der Waals surface area contributed by atoms with Crippen molar-refractivity contribution < 1.29 is 4.39 Å². The van der Waals surface area contributed by atoms with E-state index < -0.39 is 0 Å². The molecule has 118 valence electrons. The largest absolute Gasteiger partial charge is 0.342 e. The van der Waals surface area contributed by atoms with Crippen LogP contribution in [0, 0.1) is 5.82 Å². The highest BCUT2D eigenvalue weighted by Crippen LogP contribution is 2.22. The fourth-order valence-electron chi connectivity index (χ4n) is 2.70. The predicted molar refractivity (Wildman–Crippen MR) is 90.5 cm³/mol. The molecular formula is C18H14FN5. The van der Waals surface area contributed by atoms with Crippen molar-refractivity contribution in [3.05, 3.63) is 84.3 Å². The van der Waals surface area contributed by atoms with Crippen LogP contribution in [0.5, 0.6) is 0 Å². The number of halogens is 1. The number of hydrogen-bond acceptors (Lipinski definition) is 3. The summed E-state index contributed by atoms with van der Waals surface area (Å²) in [5.41, 5.74) is 2.64. The molecule has 2 aromatic heterocycles. The van der Waals surface area contributed by atoms with E-state index in [1.165, 1.54) is 23.4 Å². The summed E-state index contributed by atoms with van der Waals surface area (Å²) in [6, 6.07) is 14.8. The van der Waals surface area contributed by atoms with Crippen LogP contribution < -0.4 is 0 Å². The summed E-state index contributed by atoms with van der Waals surface area (Å²) in [7, 11) is 0. The molecule has 2 heterocycles. The molecule has 5 nitrogen and oxygen atoms in total. The first kappa shape index (κ1) is 14.3. The summed E-state index contributed by atoms with van der Waals surface area (Å²) >= 11 is 0. The number of rotatable bonds is 4. The Kier molecular flexibility index (Phi) is 3.63. The van der Waals surface area contributed by atoms with E-state index in [2.05, 4.69) is 15.3 Å². The molecule has 0 radical (unpaired) electrons. The molecule has 0 atom stereocenters. The van der Waals surface area contributed by atoms with E-state index in [1.807, 2.05) is 41.1 Å². The monoisotopic (exact) mass is 319 g/mol. The van der Waals surface area contributed by atoms with Gasteiger partial charge in [-0.25, -0.2) is 9.07 Å². The lowest BCUT2D eigenvalue weighted by Gasteiger charge is -2.06. The molecule has 4 aromatic rings. The van der Waals surface area contributed by atoms with Crippen LogP contribution in [0.3, 0.4) is 0 Å². The molecule has 0 saturated heterocycles. The maximum Gasteiger partial charge on any atom is 0.141 e. The minimum atomic E-state index is -0.199. The average Bonchev–Trinajstić information content (AvgIpc) is 3.24. The van der Waals surface area contributed by atoms with Gasteiger partial charge in [0.05, 0.1) is 12.8 Å². The van der Waals surface area contributed by atoms with Gasteiger partial charge in [0.2, 0.25) is 0 Å². The van der Waals surface area contributed by atoms with Crippen molar-refractivity contribution in [2.45, 2.75) is 6.54 Å². The van der Waals surface area contributed by atoms with Gasteiger partial charge in [-0.15, -0.1) is 10.2 Å². The zero-order chi connectivity index (χ0) is 16.4. The molecule has 0 aliphatic carbocycles. The van der Waals surface area contributed by atoms with Gasteiger partial charge in [0, 0.05) is 28.2 Å². The summed E-state index contributed by atoms with van der Waals surface area (Å²) in [4.78, 5) is 0. The van der Waals surface area contributed by atoms with Gasteiger partial charge in [0.25, 0.3) is 0 Å². The minimum absolute atomic E-state index is 0.199. The lowest BCUT2D eigenvalue weighted by molar-refractivity contribution is 0.602.